The zero-order valence-corrected chi connectivity index (χ0v) is 13.1. The van der Waals surface area contributed by atoms with Crippen molar-refractivity contribution in [1.29, 1.82) is 0 Å². The fraction of sp³-hybridized carbons (Fsp3) is 0.250. The minimum Gasteiger partial charge on any atom is -0.366 e. The maximum atomic E-state index is 11.6. The van der Waals surface area contributed by atoms with Crippen molar-refractivity contribution in [2.75, 3.05) is 0 Å². The van der Waals surface area contributed by atoms with Crippen LogP contribution in [0.25, 0.3) is 0 Å². The molecule has 0 aliphatic heterocycles. The second-order valence-electron chi connectivity index (χ2n) is 5.37. The number of fused-ring (bicyclic) bond motifs is 1. The minimum absolute atomic E-state index is 0.104. The summed E-state index contributed by atoms with van der Waals surface area (Å²) in [5.74, 6) is -0.701. The number of thioether (sulfide) groups is 1. The van der Waals surface area contributed by atoms with Gasteiger partial charge in [-0.05, 0) is 30.4 Å². The van der Waals surface area contributed by atoms with E-state index in [2.05, 4.69) is 17.1 Å². The fourth-order valence-electron chi connectivity index (χ4n) is 2.78. The maximum Gasteiger partial charge on any atom is 0.288 e. The quantitative estimate of drug-likeness (QED) is 0.685. The number of pyridine rings is 1. The Bertz CT molecular complexity index is 779. The topological polar surface area (TPSA) is 99.1 Å². The second kappa shape index (κ2) is 6.37. The van der Waals surface area contributed by atoms with Gasteiger partial charge < -0.3 is 5.73 Å². The van der Waals surface area contributed by atoms with E-state index in [0.29, 0.717) is 5.03 Å². The zero-order chi connectivity index (χ0) is 16.4. The highest BCUT2D eigenvalue weighted by molar-refractivity contribution is 7.99. The van der Waals surface area contributed by atoms with Crippen LogP contribution in [0.4, 0.5) is 5.69 Å². The van der Waals surface area contributed by atoms with Gasteiger partial charge in [0.05, 0.1) is 10.5 Å². The van der Waals surface area contributed by atoms with Crippen molar-refractivity contribution in [2.45, 2.75) is 29.5 Å². The highest BCUT2D eigenvalue weighted by atomic mass is 32.2. The molecule has 0 unspecified atom stereocenters. The highest BCUT2D eigenvalue weighted by Crippen LogP contribution is 2.43. The van der Waals surface area contributed by atoms with Gasteiger partial charge in [-0.25, -0.2) is 4.98 Å². The van der Waals surface area contributed by atoms with Gasteiger partial charge in [0.2, 0.25) is 0 Å². The van der Waals surface area contributed by atoms with Gasteiger partial charge in [-0.2, -0.15) is 0 Å². The summed E-state index contributed by atoms with van der Waals surface area (Å²) in [5.41, 5.74) is 7.78. The third-order valence-electron chi connectivity index (χ3n) is 3.88. The van der Waals surface area contributed by atoms with E-state index in [1.807, 2.05) is 12.1 Å². The standard InChI is InChI=1S/C16H15N3O3S/c17-15(20)13-8-11(19(21)22)9-18-16(13)23-14-7-3-5-10-4-1-2-6-12(10)14/h1-2,4,6,8-9,14H,3,5,7H2,(H2,17,20)/t14-/m1/s1. The molecule has 0 saturated heterocycles. The van der Waals surface area contributed by atoms with E-state index in [9.17, 15) is 14.9 Å². The van der Waals surface area contributed by atoms with Gasteiger partial charge in [-0.15, -0.1) is 0 Å². The highest BCUT2D eigenvalue weighted by Gasteiger charge is 2.24. The summed E-state index contributed by atoms with van der Waals surface area (Å²) in [6, 6.07) is 9.41. The predicted molar refractivity (Wildman–Crippen MR) is 87.4 cm³/mol. The van der Waals surface area contributed by atoms with E-state index in [0.717, 1.165) is 19.3 Å². The van der Waals surface area contributed by atoms with Crippen LogP contribution in [0.2, 0.25) is 0 Å². The molecule has 1 heterocycles. The molecule has 23 heavy (non-hydrogen) atoms. The molecule has 1 aromatic heterocycles. The lowest BCUT2D eigenvalue weighted by atomic mass is 9.91. The van der Waals surface area contributed by atoms with Crippen molar-refractivity contribution in [1.82, 2.24) is 4.98 Å². The third kappa shape index (κ3) is 3.19. The Morgan fingerprint density at radius 1 is 1.39 bits per heavy atom. The Hall–Kier alpha value is -2.41. The Morgan fingerprint density at radius 2 is 2.17 bits per heavy atom. The SMILES string of the molecule is NC(=O)c1cc([N+](=O)[O-])cnc1S[C@@H]1CCCc2ccccc21. The molecule has 0 radical (unpaired) electrons. The third-order valence-corrected chi connectivity index (χ3v) is 5.20. The summed E-state index contributed by atoms with van der Waals surface area (Å²) in [4.78, 5) is 26.0. The number of carbonyl (C=O) groups is 1. The number of hydrogen-bond acceptors (Lipinski definition) is 5. The van der Waals surface area contributed by atoms with Crippen LogP contribution in [0.5, 0.6) is 0 Å². The lowest BCUT2D eigenvalue weighted by molar-refractivity contribution is -0.385. The van der Waals surface area contributed by atoms with Gasteiger partial charge in [-0.3, -0.25) is 14.9 Å². The van der Waals surface area contributed by atoms with E-state index in [4.69, 9.17) is 5.73 Å². The number of carbonyl (C=O) groups excluding carboxylic acids is 1. The molecular formula is C16H15N3O3S. The zero-order valence-electron chi connectivity index (χ0n) is 12.3. The molecule has 2 N–H and O–H groups in total. The number of benzene rings is 1. The van der Waals surface area contributed by atoms with E-state index in [1.165, 1.54) is 35.2 Å². The summed E-state index contributed by atoms with van der Waals surface area (Å²) in [6.07, 6.45) is 4.25. The Kier molecular flexibility index (Phi) is 4.29. The molecular weight excluding hydrogens is 314 g/mol. The van der Waals surface area contributed by atoms with Crippen molar-refractivity contribution >= 4 is 23.4 Å². The number of nitrogens with zero attached hydrogens (tertiary/aromatic N) is 2. The molecule has 3 rings (SSSR count). The minimum atomic E-state index is -0.701. The molecule has 1 aliphatic carbocycles. The molecule has 6 nitrogen and oxygen atoms in total. The summed E-state index contributed by atoms with van der Waals surface area (Å²) >= 11 is 1.45. The first-order valence-corrected chi connectivity index (χ1v) is 8.13. The average Bonchev–Trinajstić information content (AvgIpc) is 2.55. The summed E-state index contributed by atoms with van der Waals surface area (Å²) in [6.45, 7) is 0. The molecule has 1 aliphatic rings. The first kappa shape index (κ1) is 15.5. The Labute approximate surface area is 137 Å². The van der Waals surface area contributed by atoms with Crippen LogP contribution in [0.3, 0.4) is 0 Å². The summed E-state index contributed by atoms with van der Waals surface area (Å²) in [5, 5.41) is 11.5. The van der Waals surface area contributed by atoms with Crippen LogP contribution >= 0.6 is 11.8 Å². The normalized spacial score (nSPS) is 16.6. The van der Waals surface area contributed by atoms with Crippen LogP contribution in [0.15, 0.2) is 41.6 Å². The lowest BCUT2D eigenvalue weighted by Gasteiger charge is -2.25. The number of rotatable bonds is 4. The van der Waals surface area contributed by atoms with Gasteiger partial charge in [0, 0.05) is 11.3 Å². The van der Waals surface area contributed by atoms with Gasteiger partial charge in [0.15, 0.2) is 0 Å². The number of amides is 1. The van der Waals surface area contributed by atoms with E-state index in [1.54, 1.807) is 0 Å². The van der Waals surface area contributed by atoms with E-state index >= 15 is 0 Å². The van der Waals surface area contributed by atoms with Crippen LogP contribution in [-0.2, 0) is 6.42 Å². The van der Waals surface area contributed by atoms with Crippen molar-refractivity contribution < 1.29 is 9.72 Å². The molecule has 1 amide bonds. The fourth-order valence-corrected chi connectivity index (χ4v) is 4.09. The number of aromatic nitrogens is 1. The first-order valence-electron chi connectivity index (χ1n) is 7.25. The van der Waals surface area contributed by atoms with Crippen LogP contribution in [0.1, 0.15) is 39.6 Å². The number of hydrogen-bond donors (Lipinski definition) is 1. The lowest BCUT2D eigenvalue weighted by Crippen LogP contribution is -2.14. The Morgan fingerprint density at radius 3 is 2.91 bits per heavy atom. The van der Waals surface area contributed by atoms with Gasteiger partial charge in [0.25, 0.3) is 11.6 Å². The largest absolute Gasteiger partial charge is 0.366 e. The van der Waals surface area contributed by atoms with E-state index in [-0.39, 0.29) is 16.5 Å². The van der Waals surface area contributed by atoms with Crippen molar-refractivity contribution in [2.24, 2.45) is 5.73 Å². The van der Waals surface area contributed by atoms with Crippen molar-refractivity contribution in [3.63, 3.8) is 0 Å². The molecule has 7 heteroatoms. The average molecular weight is 329 g/mol. The predicted octanol–water partition coefficient (Wildman–Crippen LogP) is 3.26. The van der Waals surface area contributed by atoms with Crippen LogP contribution in [-0.4, -0.2) is 15.8 Å². The molecule has 0 bridgehead atoms. The molecule has 0 spiro atoms. The maximum absolute atomic E-state index is 11.6. The van der Waals surface area contributed by atoms with E-state index < -0.39 is 10.8 Å². The molecule has 2 aromatic rings. The monoisotopic (exact) mass is 329 g/mol. The number of nitro groups is 1. The van der Waals surface area contributed by atoms with Crippen molar-refractivity contribution in [3.8, 4) is 0 Å². The number of aryl methyl sites for hydroxylation is 1. The van der Waals surface area contributed by atoms with Crippen LogP contribution in [0, 0.1) is 10.1 Å². The van der Waals surface area contributed by atoms with Gasteiger partial charge in [-0.1, -0.05) is 36.0 Å². The number of primary amides is 1. The first-order chi connectivity index (χ1) is 11.1. The molecule has 1 aromatic carbocycles. The molecule has 1 atom stereocenters. The molecule has 0 fully saturated rings. The van der Waals surface area contributed by atoms with Gasteiger partial charge in [0.1, 0.15) is 11.2 Å². The Balaban J connectivity index is 1.95. The molecule has 0 saturated carbocycles. The van der Waals surface area contributed by atoms with Crippen LogP contribution < -0.4 is 5.73 Å². The van der Waals surface area contributed by atoms with Crippen molar-refractivity contribution in [3.05, 3.63) is 63.3 Å². The van der Waals surface area contributed by atoms with Gasteiger partial charge >= 0.3 is 0 Å². The summed E-state index contributed by atoms with van der Waals surface area (Å²) < 4.78 is 0. The smallest absolute Gasteiger partial charge is 0.288 e. The molecule has 118 valence electrons. The summed E-state index contributed by atoms with van der Waals surface area (Å²) in [7, 11) is 0. The number of nitrogens with two attached hydrogens (primary N) is 1. The second-order valence-corrected chi connectivity index (χ2v) is 6.56.